The summed E-state index contributed by atoms with van der Waals surface area (Å²) >= 11 is 0. The summed E-state index contributed by atoms with van der Waals surface area (Å²) in [7, 11) is 0. The van der Waals surface area contributed by atoms with E-state index in [0.717, 1.165) is 28.7 Å². The van der Waals surface area contributed by atoms with E-state index in [2.05, 4.69) is 34.9 Å². The van der Waals surface area contributed by atoms with E-state index in [9.17, 15) is 19.5 Å². The summed E-state index contributed by atoms with van der Waals surface area (Å²) in [4.78, 5) is 36.4. The van der Waals surface area contributed by atoms with Gasteiger partial charge in [-0.1, -0.05) is 61.9 Å². The van der Waals surface area contributed by atoms with Crippen molar-refractivity contribution >= 4 is 18.0 Å². The molecular formula is C25H28N2O5. The van der Waals surface area contributed by atoms with Crippen LogP contribution >= 0.6 is 0 Å². The highest BCUT2D eigenvalue weighted by atomic mass is 16.5. The van der Waals surface area contributed by atoms with Crippen LogP contribution in [0.4, 0.5) is 4.79 Å². The number of carboxylic acid groups (broad SMARTS) is 1. The second-order valence-electron chi connectivity index (χ2n) is 8.59. The zero-order valence-electron chi connectivity index (χ0n) is 18.1. The van der Waals surface area contributed by atoms with Gasteiger partial charge in [-0.3, -0.25) is 4.79 Å². The quantitative estimate of drug-likeness (QED) is 0.586. The summed E-state index contributed by atoms with van der Waals surface area (Å²) in [6, 6.07) is 15.3. The summed E-state index contributed by atoms with van der Waals surface area (Å²) < 4.78 is 5.55. The third kappa shape index (κ3) is 4.07. The van der Waals surface area contributed by atoms with Crippen LogP contribution in [-0.4, -0.2) is 42.3 Å². The Morgan fingerprint density at radius 3 is 2.16 bits per heavy atom. The average Bonchev–Trinajstić information content (AvgIpc) is 3.09. The second kappa shape index (κ2) is 9.02. The van der Waals surface area contributed by atoms with E-state index in [1.165, 1.54) is 0 Å². The maximum atomic E-state index is 12.7. The van der Waals surface area contributed by atoms with Crippen molar-refractivity contribution in [3.05, 3.63) is 59.7 Å². The van der Waals surface area contributed by atoms with E-state index in [1.54, 1.807) is 6.92 Å². The molecule has 2 aliphatic carbocycles. The number of aliphatic carboxylic acids is 1. The number of amides is 2. The van der Waals surface area contributed by atoms with Crippen LogP contribution in [0.15, 0.2) is 48.5 Å². The molecule has 0 aliphatic heterocycles. The van der Waals surface area contributed by atoms with Crippen LogP contribution in [0.25, 0.3) is 11.1 Å². The number of nitrogens with one attached hydrogen (secondary N) is 2. The molecule has 2 aliphatic rings. The molecule has 0 bridgehead atoms. The molecule has 1 fully saturated rings. The minimum Gasteiger partial charge on any atom is -0.480 e. The van der Waals surface area contributed by atoms with Crippen molar-refractivity contribution in [1.29, 1.82) is 0 Å². The van der Waals surface area contributed by atoms with Crippen LogP contribution in [-0.2, 0) is 14.3 Å². The third-order valence-corrected chi connectivity index (χ3v) is 6.72. The molecule has 3 N–H and O–H groups in total. The molecule has 1 atom stereocenters. The predicted octanol–water partition coefficient (Wildman–Crippen LogP) is 3.67. The molecule has 1 saturated carbocycles. The topological polar surface area (TPSA) is 105 Å². The van der Waals surface area contributed by atoms with Crippen LogP contribution in [0.5, 0.6) is 0 Å². The summed E-state index contributed by atoms with van der Waals surface area (Å²) in [5.74, 6) is -1.41. The monoisotopic (exact) mass is 436 g/mol. The van der Waals surface area contributed by atoms with E-state index in [4.69, 9.17) is 4.74 Å². The highest BCUT2D eigenvalue weighted by Crippen LogP contribution is 2.44. The molecule has 0 radical (unpaired) electrons. The first-order valence-corrected chi connectivity index (χ1v) is 11.1. The summed E-state index contributed by atoms with van der Waals surface area (Å²) in [5, 5.41) is 14.5. The molecule has 4 rings (SSSR count). The van der Waals surface area contributed by atoms with Crippen LogP contribution < -0.4 is 10.6 Å². The third-order valence-electron chi connectivity index (χ3n) is 6.72. The fraction of sp³-hybridized carbons (Fsp3) is 0.400. The van der Waals surface area contributed by atoms with Gasteiger partial charge in [0.2, 0.25) is 5.91 Å². The van der Waals surface area contributed by atoms with Crippen LogP contribution in [0.2, 0.25) is 0 Å². The molecule has 32 heavy (non-hydrogen) atoms. The molecule has 7 heteroatoms. The van der Waals surface area contributed by atoms with Crippen molar-refractivity contribution in [2.24, 2.45) is 5.41 Å². The number of carbonyl (C=O) groups is 3. The van der Waals surface area contributed by atoms with Crippen molar-refractivity contribution in [3.63, 3.8) is 0 Å². The molecule has 2 amide bonds. The maximum absolute atomic E-state index is 12.7. The fourth-order valence-electron chi connectivity index (χ4n) is 4.63. The Morgan fingerprint density at radius 2 is 1.66 bits per heavy atom. The molecule has 2 aromatic rings. The Morgan fingerprint density at radius 1 is 1.06 bits per heavy atom. The molecule has 168 valence electrons. The largest absolute Gasteiger partial charge is 0.480 e. The minimum atomic E-state index is -1.06. The zero-order chi connectivity index (χ0) is 22.7. The number of carbonyl (C=O) groups excluding carboxylic acids is 2. The van der Waals surface area contributed by atoms with Gasteiger partial charge in [0, 0.05) is 12.5 Å². The van der Waals surface area contributed by atoms with Gasteiger partial charge >= 0.3 is 12.1 Å². The number of hydrogen-bond donors (Lipinski definition) is 3. The Kier molecular flexibility index (Phi) is 6.17. The van der Waals surface area contributed by atoms with Gasteiger partial charge in [0.25, 0.3) is 0 Å². The summed E-state index contributed by atoms with van der Waals surface area (Å²) in [6.45, 7) is 2.04. The lowest BCUT2D eigenvalue weighted by Crippen LogP contribution is -2.55. The number of fused-ring (bicyclic) bond motifs is 3. The summed E-state index contributed by atoms with van der Waals surface area (Å²) in [5.41, 5.74) is 3.82. The van der Waals surface area contributed by atoms with Gasteiger partial charge in [-0.25, -0.2) is 9.59 Å². The van der Waals surface area contributed by atoms with Crippen LogP contribution in [0.3, 0.4) is 0 Å². The molecule has 2 aromatic carbocycles. The molecule has 0 spiro atoms. The molecule has 0 heterocycles. The van der Waals surface area contributed by atoms with Gasteiger partial charge in [0.05, 0.1) is 5.41 Å². The lowest BCUT2D eigenvalue weighted by Gasteiger charge is -2.40. The van der Waals surface area contributed by atoms with Gasteiger partial charge in [-0.05, 0) is 41.5 Å². The Labute approximate surface area is 187 Å². The fourth-order valence-corrected chi connectivity index (χ4v) is 4.63. The number of rotatable bonds is 8. The first kappa shape index (κ1) is 21.9. The Hall–Kier alpha value is -3.35. The van der Waals surface area contributed by atoms with Gasteiger partial charge in [0.15, 0.2) is 0 Å². The van der Waals surface area contributed by atoms with Gasteiger partial charge in [-0.2, -0.15) is 0 Å². The van der Waals surface area contributed by atoms with Gasteiger partial charge < -0.3 is 20.5 Å². The number of hydrogen-bond acceptors (Lipinski definition) is 4. The standard InChI is InChI=1S/C25H28N2O5/c1-2-21(22(28)29)27-23(30)25(12-7-13-25)15-26-24(31)32-14-20-18-10-5-3-8-16(18)17-9-4-6-11-19(17)20/h3-6,8-11,20-21H,2,7,12-15H2,1H3,(H,26,31)(H,27,30)(H,28,29)/t21-/m1/s1. The molecule has 0 aromatic heterocycles. The lowest BCUT2D eigenvalue weighted by molar-refractivity contribution is -0.145. The van der Waals surface area contributed by atoms with Crippen molar-refractivity contribution in [2.75, 3.05) is 13.2 Å². The normalized spacial score (nSPS) is 16.8. The Bertz CT molecular complexity index is 985. The van der Waals surface area contributed by atoms with E-state index >= 15 is 0 Å². The van der Waals surface area contributed by atoms with E-state index in [1.807, 2.05) is 24.3 Å². The van der Waals surface area contributed by atoms with Gasteiger partial charge in [-0.15, -0.1) is 0 Å². The van der Waals surface area contributed by atoms with Crippen molar-refractivity contribution in [1.82, 2.24) is 10.6 Å². The first-order valence-electron chi connectivity index (χ1n) is 11.1. The maximum Gasteiger partial charge on any atom is 0.407 e. The molecule has 0 unspecified atom stereocenters. The molecule has 0 saturated heterocycles. The summed E-state index contributed by atoms with van der Waals surface area (Å²) in [6.07, 6.45) is 1.81. The lowest BCUT2D eigenvalue weighted by atomic mass is 9.68. The Balaban J connectivity index is 1.35. The van der Waals surface area contributed by atoms with Crippen LogP contribution in [0, 0.1) is 5.41 Å². The predicted molar refractivity (Wildman–Crippen MR) is 119 cm³/mol. The molecule has 7 nitrogen and oxygen atoms in total. The van der Waals surface area contributed by atoms with Gasteiger partial charge in [0.1, 0.15) is 12.6 Å². The average molecular weight is 437 g/mol. The molecular weight excluding hydrogens is 408 g/mol. The SMILES string of the molecule is CC[C@@H](NC(=O)C1(CNC(=O)OCC2c3ccccc3-c3ccccc32)CCC1)C(=O)O. The number of ether oxygens (including phenoxy) is 1. The first-order chi connectivity index (χ1) is 15.4. The number of alkyl carbamates (subject to hydrolysis) is 1. The highest BCUT2D eigenvalue weighted by Gasteiger charge is 2.45. The van der Waals surface area contributed by atoms with Crippen molar-refractivity contribution in [3.8, 4) is 11.1 Å². The van der Waals surface area contributed by atoms with E-state index in [0.29, 0.717) is 19.3 Å². The number of carboxylic acids is 1. The number of benzene rings is 2. The zero-order valence-corrected chi connectivity index (χ0v) is 18.1. The minimum absolute atomic E-state index is 0.0324. The van der Waals surface area contributed by atoms with E-state index < -0.39 is 23.5 Å². The van der Waals surface area contributed by atoms with Crippen molar-refractivity contribution in [2.45, 2.75) is 44.6 Å². The van der Waals surface area contributed by atoms with Crippen molar-refractivity contribution < 1.29 is 24.2 Å². The highest BCUT2D eigenvalue weighted by molar-refractivity contribution is 5.88. The second-order valence-corrected chi connectivity index (χ2v) is 8.59. The van der Waals surface area contributed by atoms with Crippen LogP contribution in [0.1, 0.15) is 49.7 Å². The van der Waals surface area contributed by atoms with E-state index in [-0.39, 0.29) is 25.0 Å². The smallest absolute Gasteiger partial charge is 0.407 e.